The van der Waals surface area contributed by atoms with Crippen LogP contribution in [0.2, 0.25) is 0 Å². The number of aliphatic hydroxyl groups excluding tert-OH is 1. The Kier molecular flexibility index (Phi) is 12.5. The van der Waals surface area contributed by atoms with Crippen molar-refractivity contribution in [2.45, 2.75) is 102 Å². The number of phenolic OH excluding ortho intramolecular Hbond substituents is 1. The number of nitrogens with zero attached hydrogens (tertiary/aromatic N) is 1. The van der Waals surface area contributed by atoms with Crippen LogP contribution >= 0.6 is 0 Å². The van der Waals surface area contributed by atoms with Crippen LogP contribution in [0.15, 0.2) is 24.3 Å². The van der Waals surface area contributed by atoms with Gasteiger partial charge >= 0.3 is 5.97 Å². The fourth-order valence-corrected chi connectivity index (χ4v) is 4.58. The largest absolute Gasteiger partial charge is 0.508 e. The van der Waals surface area contributed by atoms with Crippen molar-refractivity contribution >= 4 is 23.7 Å². The first-order valence-corrected chi connectivity index (χ1v) is 13.4. The van der Waals surface area contributed by atoms with Gasteiger partial charge in [0.25, 0.3) is 5.91 Å². The Labute approximate surface area is 223 Å². The topological polar surface area (TPSA) is 182 Å². The molecule has 1 aromatic rings. The third-order valence-corrected chi connectivity index (χ3v) is 6.87. The summed E-state index contributed by atoms with van der Waals surface area (Å²) >= 11 is 0. The number of aliphatic hydroxyl groups is 1. The van der Waals surface area contributed by atoms with E-state index in [-0.39, 0.29) is 18.7 Å². The maximum Gasteiger partial charge on any atom is 0.326 e. The zero-order valence-electron chi connectivity index (χ0n) is 22.3. The predicted molar refractivity (Wildman–Crippen MR) is 141 cm³/mol. The van der Waals surface area contributed by atoms with Crippen LogP contribution in [0.25, 0.3) is 0 Å². The van der Waals surface area contributed by atoms with Gasteiger partial charge in [0.1, 0.15) is 30.0 Å². The van der Waals surface area contributed by atoms with Gasteiger partial charge in [0.2, 0.25) is 11.8 Å². The number of nitrogens with two attached hydrogens (primary N) is 1. The summed E-state index contributed by atoms with van der Waals surface area (Å²) in [6.07, 6.45) is 5.04. The van der Waals surface area contributed by atoms with E-state index >= 15 is 0 Å². The van der Waals surface area contributed by atoms with Gasteiger partial charge in [0.15, 0.2) is 0 Å². The molecule has 1 aliphatic rings. The summed E-state index contributed by atoms with van der Waals surface area (Å²) in [4.78, 5) is 51.7. The molecule has 1 aliphatic heterocycles. The van der Waals surface area contributed by atoms with Crippen molar-refractivity contribution in [3.05, 3.63) is 29.8 Å². The molecule has 0 aliphatic carbocycles. The molecule has 3 amide bonds. The molecule has 5 atom stereocenters. The lowest BCUT2D eigenvalue weighted by atomic mass is 10.0. The molecule has 7 N–H and O–H groups in total. The number of likely N-dealkylation sites (tertiary alicyclic amines) is 1. The maximum absolute atomic E-state index is 13.1. The van der Waals surface area contributed by atoms with Crippen molar-refractivity contribution in [1.82, 2.24) is 15.5 Å². The smallest absolute Gasteiger partial charge is 0.326 e. The number of aliphatic carboxylic acids is 1. The third kappa shape index (κ3) is 9.29. The van der Waals surface area contributed by atoms with E-state index in [1.807, 2.05) is 0 Å². The van der Waals surface area contributed by atoms with Gasteiger partial charge < -0.3 is 36.6 Å². The first kappa shape index (κ1) is 31.0. The molecule has 0 radical (unpaired) electrons. The average molecular weight is 535 g/mol. The number of nitrogens with one attached hydrogen (secondary N) is 2. The molecule has 0 bridgehead atoms. The number of amides is 3. The van der Waals surface area contributed by atoms with Gasteiger partial charge in [-0.25, -0.2) is 4.79 Å². The SMILES string of the molecule is CCCCCCCC(N)C(O)C(=O)NC(C)C(=O)N1CCCC1C(=O)NC(Cc1ccc(O)cc1)C(=O)O. The number of hydrogen-bond donors (Lipinski definition) is 6. The number of carboxylic acids is 1. The summed E-state index contributed by atoms with van der Waals surface area (Å²) in [5.74, 6) is -3.01. The van der Waals surface area contributed by atoms with Crippen molar-refractivity contribution in [1.29, 1.82) is 0 Å². The van der Waals surface area contributed by atoms with Crippen molar-refractivity contribution in [3.63, 3.8) is 0 Å². The maximum atomic E-state index is 13.1. The summed E-state index contributed by atoms with van der Waals surface area (Å²) in [7, 11) is 0. The van der Waals surface area contributed by atoms with E-state index in [1.165, 1.54) is 24.0 Å². The van der Waals surface area contributed by atoms with Gasteiger partial charge in [-0.3, -0.25) is 14.4 Å². The molecule has 212 valence electrons. The highest BCUT2D eigenvalue weighted by Crippen LogP contribution is 2.20. The lowest BCUT2D eigenvalue weighted by Gasteiger charge is -2.29. The van der Waals surface area contributed by atoms with Crippen LogP contribution in [-0.2, 0) is 25.6 Å². The minimum Gasteiger partial charge on any atom is -0.508 e. The Morgan fingerprint density at radius 1 is 1.08 bits per heavy atom. The molecular weight excluding hydrogens is 492 g/mol. The van der Waals surface area contributed by atoms with Gasteiger partial charge in [-0.1, -0.05) is 51.2 Å². The van der Waals surface area contributed by atoms with Gasteiger partial charge in [-0.2, -0.15) is 0 Å². The van der Waals surface area contributed by atoms with Gasteiger partial charge in [0.05, 0.1) is 0 Å². The Balaban J connectivity index is 1.92. The summed E-state index contributed by atoms with van der Waals surface area (Å²) in [6.45, 7) is 3.87. The zero-order chi connectivity index (χ0) is 28.2. The molecule has 38 heavy (non-hydrogen) atoms. The monoisotopic (exact) mass is 534 g/mol. The van der Waals surface area contributed by atoms with Crippen LogP contribution in [0.5, 0.6) is 5.75 Å². The number of unbranched alkanes of at least 4 members (excludes halogenated alkanes) is 4. The van der Waals surface area contributed by atoms with Crippen LogP contribution in [0, 0.1) is 0 Å². The van der Waals surface area contributed by atoms with E-state index in [1.54, 1.807) is 12.1 Å². The van der Waals surface area contributed by atoms with Gasteiger partial charge in [-0.15, -0.1) is 0 Å². The molecule has 11 heteroatoms. The van der Waals surface area contributed by atoms with E-state index < -0.39 is 54.0 Å². The molecule has 11 nitrogen and oxygen atoms in total. The number of carbonyl (C=O) groups is 4. The fraction of sp³-hybridized carbons (Fsp3) is 0.630. The number of benzene rings is 1. The number of aromatic hydroxyl groups is 1. The Morgan fingerprint density at radius 2 is 1.74 bits per heavy atom. The summed E-state index contributed by atoms with van der Waals surface area (Å²) < 4.78 is 0. The fourth-order valence-electron chi connectivity index (χ4n) is 4.58. The predicted octanol–water partition coefficient (Wildman–Crippen LogP) is 1.05. The number of carboxylic acid groups (broad SMARTS) is 1. The number of hydrogen-bond acceptors (Lipinski definition) is 7. The average Bonchev–Trinajstić information content (AvgIpc) is 3.38. The van der Waals surface area contributed by atoms with Crippen molar-refractivity contribution < 1.29 is 34.5 Å². The lowest BCUT2D eigenvalue weighted by Crippen LogP contribution is -2.56. The van der Waals surface area contributed by atoms with Crippen LogP contribution in [-0.4, -0.2) is 80.7 Å². The number of phenols is 1. The van der Waals surface area contributed by atoms with E-state index in [4.69, 9.17) is 5.73 Å². The Hall–Kier alpha value is -3.18. The molecule has 0 spiro atoms. The summed E-state index contributed by atoms with van der Waals surface area (Å²) in [6, 6.07) is 2.15. The van der Waals surface area contributed by atoms with Crippen LogP contribution in [0.4, 0.5) is 0 Å². The second kappa shape index (κ2) is 15.3. The minimum atomic E-state index is -1.45. The normalized spacial score (nSPS) is 18.3. The lowest BCUT2D eigenvalue weighted by molar-refractivity contribution is -0.145. The second-order valence-electron chi connectivity index (χ2n) is 10.0. The van der Waals surface area contributed by atoms with Crippen LogP contribution in [0.3, 0.4) is 0 Å². The van der Waals surface area contributed by atoms with Crippen molar-refractivity contribution in [2.24, 2.45) is 5.73 Å². The molecule has 5 unspecified atom stereocenters. The molecule has 1 aromatic carbocycles. The molecule has 0 saturated carbocycles. The van der Waals surface area contributed by atoms with Crippen LogP contribution in [0.1, 0.15) is 70.8 Å². The van der Waals surface area contributed by atoms with Crippen molar-refractivity contribution in [3.8, 4) is 5.75 Å². The molecule has 1 fully saturated rings. The van der Waals surface area contributed by atoms with Gasteiger partial charge in [0, 0.05) is 19.0 Å². The highest BCUT2D eigenvalue weighted by atomic mass is 16.4. The minimum absolute atomic E-state index is 0.00519. The summed E-state index contributed by atoms with van der Waals surface area (Å²) in [5, 5.41) is 34.4. The van der Waals surface area contributed by atoms with Gasteiger partial charge in [-0.05, 0) is 43.9 Å². The van der Waals surface area contributed by atoms with E-state index in [0.29, 0.717) is 24.8 Å². The van der Waals surface area contributed by atoms with E-state index in [9.17, 15) is 34.5 Å². The highest BCUT2D eigenvalue weighted by molar-refractivity contribution is 5.94. The zero-order valence-corrected chi connectivity index (χ0v) is 22.3. The number of rotatable bonds is 15. The summed E-state index contributed by atoms with van der Waals surface area (Å²) in [5.41, 5.74) is 6.60. The van der Waals surface area contributed by atoms with Crippen molar-refractivity contribution in [2.75, 3.05) is 6.54 Å². The molecule has 2 rings (SSSR count). The quantitative estimate of drug-likeness (QED) is 0.180. The molecule has 1 saturated heterocycles. The molecule has 1 heterocycles. The second-order valence-corrected chi connectivity index (χ2v) is 10.0. The Bertz CT molecular complexity index is 940. The number of carbonyl (C=O) groups excluding carboxylic acids is 3. The van der Waals surface area contributed by atoms with E-state index in [2.05, 4.69) is 17.6 Å². The van der Waals surface area contributed by atoms with Crippen LogP contribution < -0.4 is 16.4 Å². The third-order valence-electron chi connectivity index (χ3n) is 6.87. The first-order valence-electron chi connectivity index (χ1n) is 13.4. The standard InChI is InChI=1S/C27H42N4O7/c1-3-4-5-6-7-9-20(28)23(33)25(35)29-17(2)26(36)31-15-8-10-22(31)24(34)30-21(27(37)38)16-18-11-13-19(32)14-12-18/h11-14,17,20-23,32-33H,3-10,15-16,28H2,1-2H3,(H,29,35)(H,30,34)(H,37,38). The first-order chi connectivity index (χ1) is 18.0. The molecule has 0 aromatic heterocycles. The molecular formula is C27H42N4O7. The highest BCUT2D eigenvalue weighted by Gasteiger charge is 2.38. The van der Waals surface area contributed by atoms with E-state index in [0.717, 1.165) is 32.1 Å². The Morgan fingerprint density at radius 3 is 2.37 bits per heavy atom.